The van der Waals surface area contributed by atoms with Gasteiger partial charge in [-0.15, -0.1) is 12.4 Å². The first-order chi connectivity index (χ1) is 9.59. The lowest BCUT2D eigenvalue weighted by Crippen LogP contribution is -2.47. The molecule has 2 rings (SSSR count). The van der Waals surface area contributed by atoms with Crippen LogP contribution >= 0.6 is 12.4 Å². The monoisotopic (exact) mass is 316 g/mol. The number of rotatable bonds is 4. The van der Waals surface area contributed by atoms with Gasteiger partial charge >= 0.3 is 0 Å². The zero-order chi connectivity index (χ0) is 14.5. The average molecular weight is 317 g/mol. The van der Waals surface area contributed by atoms with Gasteiger partial charge in [-0.1, -0.05) is 20.8 Å². The zero-order valence-corrected chi connectivity index (χ0v) is 14.8. The Morgan fingerprint density at radius 2 is 1.95 bits per heavy atom. The summed E-state index contributed by atoms with van der Waals surface area (Å²) in [6, 6.07) is 0.480. The highest BCUT2D eigenvalue weighted by atomic mass is 35.5. The molecule has 0 spiro atoms. The fraction of sp³-hybridized carbons (Fsp3) is 0.941. The Labute approximate surface area is 136 Å². The van der Waals surface area contributed by atoms with Crippen molar-refractivity contribution in [3.05, 3.63) is 0 Å². The molecule has 0 aromatic rings. The number of likely N-dealkylation sites (tertiary alicyclic amines) is 1. The molecule has 2 aliphatic rings. The maximum atomic E-state index is 12.7. The van der Waals surface area contributed by atoms with Crippen LogP contribution in [0, 0.1) is 17.8 Å². The molecule has 3 atom stereocenters. The minimum atomic E-state index is 0. The van der Waals surface area contributed by atoms with Crippen LogP contribution in [0.5, 0.6) is 0 Å². The summed E-state index contributed by atoms with van der Waals surface area (Å²) in [6.07, 6.45) is 6.97. The highest BCUT2D eigenvalue weighted by molar-refractivity contribution is 5.85. The van der Waals surface area contributed by atoms with E-state index in [9.17, 15) is 4.79 Å². The van der Waals surface area contributed by atoms with Crippen LogP contribution in [0.15, 0.2) is 0 Å². The molecule has 2 aliphatic heterocycles. The molecule has 0 bridgehead atoms. The molecule has 3 nitrogen and oxygen atoms in total. The van der Waals surface area contributed by atoms with Crippen LogP contribution < -0.4 is 5.32 Å². The van der Waals surface area contributed by atoms with Gasteiger partial charge in [-0.2, -0.15) is 0 Å². The minimum absolute atomic E-state index is 0. The summed E-state index contributed by atoms with van der Waals surface area (Å²) in [5.74, 6) is 2.20. The van der Waals surface area contributed by atoms with Crippen molar-refractivity contribution in [1.29, 1.82) is 0 Å². The van der Waals surface area contributed by atoms with Gasteiger partial charge in [0.25, 0.3) is 0 Å². The molecule has 124 valence electrons. The first-order valence-electron chi connectivity index (χ1n) is 8.59. The third kappa shape index (κ3) is 5.14. The molecule has 1 amide bonds. The van der Waals surface area contributed by atoms with Crippen molar-refractivity contribution in [2.24, 2.45) is 17.8 Å². The molecule has 2 heterocycles. The molecular formula is C17H33ClN2O. The first kappa shape index (κ1) is 18.8. The number of amides is 1. The van der Waals surface area contributed by atoms with E-state index in [0.29, 0.717) is 29.7 Å². The van der Waals surface area contributed by atoms with Gasteiger partial charge in [-0.05, 0) is 62.9 Å². The van der Waals surface area contributed by atoms with E-state index in [-0.39, 0.29) is 12.4 Å². The van der Waals surface area contributed by atoms with Crippen molar-refractivity contribution < 1.29 is 4.79 Å². The van der Waals surface area contributed by atoms with Crippen molar-refractivity contribution >= 4 is 18.3 Å². The van der Waals surface area contributed by atoms with E-state index in [4.69, 9.17) is 0 Å². The van der Waals surface area contributed by atoms with Crippen LogP contribution in [-0.2, 0) is 4.79 Å². The molecule has 0 aliphatic carbocycles. The number of piperidine rings is 2. The van der Waals surface area contributed by atoms with Crippen molar-refractivity contribution in [2.45, 2.75) is 65.3 Å². The van der Waals surface area contributed by atoms with Gasteiger partial charge < -0.3 is 10.2 Å². The number of carbonyl (C=O) groups is 1. The number of nitrogens with zero attached hydrogens (tertiary/aromatic N) is 1. The van der Waals surface area contributed by atoms with Gasteiger partial charge in [0.1, 0.15) is 0 Å². The summed E-state index contributed by atoms with van der Waals surface area (Å²) in [5, 5.41) is 3.47. The lowest BCUT2D eigenvalue weighted by Gasteiger charge is -2.39. The fourth-order valence-corrected chi connectivity index (χ4v) is 3.88. The molecule has 2 saturated heterocycles. The summed E-state index contributed by atoms with van der Waals surface area (Å²) >= 11 is 0. The smallest absolute Gasteiger partial charge is 0.223 e. The molecule has 21 heavy (non-hydrogen) atoms. The summed E-state index contributed by atoms with van der Waals surface area (Å²) in [4.78, 5) is 14.9. The van der Waals surface area contributed by atoms with Gasteiger partial charge in [0.15, 0.2) is 0 Å². The van der Waals surface area contributed by atoms with E-state index in [1.54, 1.807) is 0 Å². The maximum Gasteiger partial charge on any atom is 0.223 e. The molecule has 0 aromatic heterocycles. The second kappa shape index (κ2) is 8.99. The van der Waals surface area contributed by atoms with E-state index < -0.39 is 0 Å². The van der Waals surface area contributed by atoms with Crippen LogP contribution in [0.25, 0.3) is 0 Å². The van der Waals surface area contributed by atoms with Crippen molar-refractivity contribution in [2.75, 3.05) is 19.6 Å². The molecule has 3 unspecified atom stereocenters. The quantitative estimate of drug-likeness (QED) is 0.861. The standard InChI is InChI=1S/C17H32N2O.ClH/c1-13(2)16-8-4-5-10-19(16)17(20)11-14(3)15-7-6-9-18-12-15;/h13-16,18H,4-12H2,1-3H3;1H. The average Bonchev–Trinajstić information content (AvgIpc) is 2.48. The van der Waals surface area contributed by atoms with Crippen LogP contribution in [0.3, 0.4) is 0 Å². The number of nitrogens with one attached hydrogen (secondary N) is 1. The predicted molar refractivity (Wildman–Crippen MR) is 90.8 cm³/mol. The lowest BCUT2D eigenvalue weighted by atomic mass is 9.84. The van der Waals surface area contributed by atoms with E-state index in [1.165, 1.54) is 32.1 Å². The lowest BCUT2D eigenvalue weighted by molar-refractivity contribution is -0.137. The Morgan fingerprint density at radius 3 is 2.57 bits per heavy atom. The van der Waals surface area contributed by atoms with Crippen LogP contribution in [0.4, 0.5) is 0 Å². The SMILES string of the molecule is CC(C)C1CCCCN1C(=O)CC(C)C1CCCNC1.Cl. The van der Waals surface area contributed by atoms with Crippen molar-refractivity contribution in [3.63, 3.8) is 0 Å². The summed E-state index contributed by atoms with van der Waals surface area (Å²) in [7, 11) is 0. The Bertz CT molecular complexity index is 316. The molecular weight excluding hydrogens is 284 g/mol. The highest BCUT2D eigenvalue weighted by Crippen LogP contribution is 2.27. The summed E-state index contributed by atoms with van der Waals surface area (Å²) in [5.41, 5.74) is 0. The minimum Gasteiger partial charge on any atom is -0.339 e. The Morgan fingerprint density at radius 1 is 1.19 bits per heavy atom. The second-order valence-corrected chi connectivity index (χ2v) is 7.18. The molecule has 2 fully saturated rings. The Kier molecular flexibility index (Phi) is 8.04. The van der Waals surface area contributed by atoms with Gasteiger partial charge in [0.2, 0.25) is 5.91 Å². The van der Waals surface area contributed by atoms with E-state index >= 15 is 0 Å². The number of hydrogen-bond acceptors (Lipinski definition) is 2. The van der Waals surface area contributed by atoms with E-state index in [1.807, 2.05) is 0 Å². The molecule has 0 radical (unpaired) electrons. The summed E-state index contributed by atoms with van der Waals surface area (Å²) < 4.78 is 0. The molecule has 4 heteroatoms. The topological polar surface area (TPSA) is 32.3 Å². The third-order valence-electron chi connectivity index (χ3n) is 5.28. The number of halogens is 1. The molecule has 1 N–H and O–H groups in total. The molecule has 0 aromatic carbocycles. The highest BCUT2D eigenvalue weighted by Gasteiger charge is 2.31. The Balaban J connectivity index is 0.00000220. The number of carbonyl (C=O) groups excluding carboxylic acids is 1. The second-order valence-electron chi connectivity index (χ2n) is 7.18. The zero-order valence-electron chi connectivity index (χ0n) is 13.9. The fourth-order valence-electron chi connectivity index (χ4n) is 3.88. The van der Waals surface area contributed by atoms with Gasteiger partial charge in [-0.3, -0.25) is 4.79 Å². The molecule has 0 saturated carbocycles. The van der Waals surface area contributed by atoms with Crippen molar-refractivity contribution in [1.82, 2.24) is 10.2 Å². The predicted octanol–water partition coefficient (Wildman–Crippen LogP) is 3.47. The van der Waals surface area contributed by atoms with Crippen LogP contribution in [0.2, 0.25) is 0 Å². The normalized spacial score (nSPS) is 28.1. The number of hydrogen-bond donors (Lipinski definition) is 1. The van der Waals surface area contributed by atoms with Crippen LogP contribution in [-0.4, -0.2) is 36.5 Å². The van der Waals surface area contributed by atoms with Gasteiger partial charge in [-0.25, -0.2) is 0 Å². The van der Waals surface area contributed by atoms with Gasteiger partial charge in [0.05, 0.1) is 0 Å². The summed E-state index contributed by atoms with van der Waals surface area (Å²) in [6.45, 7) is 10.0. The van der Waals surface area contributed by atoms with E-state index in [0.717, 1.165) is 26.1 Å². The van der Waals surface area contributed by atoms with Gasteiger partial charge in [0, 0.05) is 19.0 Å². The first-order valence-corrected chi connectivity index (χ1v) is 8.59. The Hall–Kier alpha value is -0.280. The maximum absolute atomic E-state index is 12.7. The van der Waals surface area contributed by atoms with Crippen molar-refractivity contribution in [3.8, 4) is 0 Å². The van der Waals surface area contributed by atoms with Crippen LogP contribution in [0.1, 0.15) is 59.3 Å². The third-order valence-corrected chi connectivity index (χ3v) is 5.28. The van der Waals surface area contributed by atoms with E-state index in [2.05, 4.69) is 31.0 Å². The largest absolute Gasteiger partial charge is 0.339 e.